The molecule has 0 aliphatic carbocycles. The summed E-state index contributed by atoms with van der Waals surface area (Å²) in [6.45, 7) is 0. The summed E-state index contributed by atoms with van der Waals surface area (Å²) in [5.74, 6) is -0.266. The average Bonchev–Trinajstić information content (AvgIpc) is 2.98. The molecule has 0 radical (unpaired) electrons. The Kier molecular flexibility index (Phi) is 3.31. The first-order valence-corrected chi connectivity index (χ1v) is 7.63. The van der Waals surface area contributed by atoms with Gasteiger partial charge in [-0.1, -0.05) is 30.3 Å². The van der Waals surface area contributed by atoms with Gasteiger partial charge in [-0.2, -0.15) is 0 Å². The monoisotopic (exact) mass is 302 g/mol. The highest BCUT2D eigenvalue weighted by Gasteiger charge is 2.20. The zero-order chi connectivity index (χ0) is 14.9. The third kappa shape index (κ3) is 2.45. The van der Waals surface area contributed by atoms with Crippen molar-refractivity contribution in [3.8, 4) is 11.4 Å². The normalized spacial score (nSPS) is 11.5. The van der Waals surface area contributed by atoms with Gasteiger partial charge in [0.1, 0.15) is 5.82 Å². The second kappa shape index (κ2) is 5.14. The average molecular weight is 302 g/mol. The SMILES string of the molecule is O=S(=O)(c1ccccc1)n1ccnc1-c1cccc(F)c1. The summed E-state index contributed by atoms with van der Waals surface area (Å²) in [4.78, 5) is 4.19. The van der Waals surface area contributed by atoms with Gasteiger partial charge in [0.2, 0.25) is 0 Å². The molecule has 4 nitrogen and oxygen atoms in total. The van der Waals surface area contributed by atoms with Gasteiger partial charge in [-0.05, 0) is 24.3 Å². The molecule has 0 bridgehead atoms. The molecule has 0 saturated heterocycles. The first-order chi connectivity index (χ1) is 10.1. The first-order valence-electron chi connectivity index (χ1n) is 6.19. The van der Waals surface area contributed by atoms with E-state index in [4.69, 9.17) is 0 Å². The fraction of sp³-hybridized carbons (Fsp3) is 0. The number of imidazole rings is 1. The molecule has 3 aromatic rings. The van der Waals surface area contributed by atoms with E-state index in [9.17, 15) is 12.8 Å². The minimum atomic E-state index is -3.76. The van der Waals surface area contributed by atoms with Crippen LogP contribution in [0.25, 0.3) is 11.4 Å². The number of rotatable bonds is 3. The van der Waals surface area contributed by atoms with Crippen LogP contribution in [0.1, 0.15) is 0 Å². The van der Waals surface area contributed by atoms with Crippen molar-refractivity contribution in [1.29, 1.82) is 0 Å². The van der Waals surface area contributed by atoms with Crippen LogP contribution in [0, 0.1) is 5.82 Å². The van der Waals surface area contributed by atoms with Crippen molar-refractivity contribution in [3.05, 3.63) is 72.8 Å². The van der Waals surface area contributed by atoms with Crippen LogP contribution >= 0.6 is 0 Å². The molecule has 1 heterocycles. The lowest BCUT2D eigenvalue weighted by Crippen LogP contribution is -2.13. The molecule has 21 heavy (non-hydrogen) atoms. The molecular weight excluding hydrogens is 291 g/mol. The smallest absolute Gasteiger partial charge is 0.236 e. The number of hydrogen-bond donors (Lipinski definition) is 0. The third-order valence-electron chi connectivity index (χ3n) is 2.99. The number of benzene rings is 2. The van der Waals surface area contributed by atoms with Gasteiger partial charge in [0.05, 0.1) is 4.90 Å². The highest BCUT2D eigenvalue weighted by Crippen LogP contribution is 2.23. The van der Waals surface area contributed by atoms with Gasteiger partial charge in [0.25, 0.3) is 10.0 Å². The molecule has 0 amide bonds. The predicted molar refractivity (Wildman–Crippen MR) is 76.6 cm³/mol. The quantitative estimate of drug-likeness (QED) is 0.747. The third-order valence-corrected chi connectivity index (χ3v) is 4.67. The van der Waals surface area contributed by atoms with E-state index in [0.717, 1.165) is 3.97 Å². The zero-order valence-electron chi connectivity index (χ0n) is 10.8. The van der Waals surface area contributed by atoms with Crippen molar-refractivity contribution in [2.45, 2.75) is 4.90 Å². The van der Waals surface area contributed by atoms with Gasteiger partial charge in [0, 0.05) is 18.0 Å². The van der Waals surface area contributed by atoms with Crippen molar-refractivity contribution in [2.24, 2.45) is 0 Å². The predicted octanol–water partition coefficient (Wildman–Crippen LogP) is 2.93. The lowest BCUT2D eigenvalue weighted by Gasteiger charge is -2.09. The Morgan fingerprint density at radius 3 is 2.48 bits per heavy atom. The Balaban J connectivity index is 2.16. The minimum Gasteiger partial charge on any atom is -0.236 e. The maximum atomic E-state index is 13.3. The summed E-state index contributed by atoms with van der Waals surface area (Å²) < 4.78 is 39.6. The maximum Gasteiger partial charge on any atom is 0.269 e. The van der Waals surface area contributed by atoms with E-state index in [0.29, 0.717) is 5.56 Å². The van der Waals surface area contributed by atoms with E-state index >= 15 is 0 Å². The van der Waals surface area contributed by atoms with E-state index < -0.39 is 15.8 Å². The van der Waals surface area contributed by atoms with Gasteiger partial charge in [-0.3, -0.25) is 0 Å². The molecule has 2 aromatic carbocycles. The van der Waals surface area contributed by atoms with Gasteiger partial charge in [-0.15, -0.1) is 0 Å². The first kappa shape index (κ1) is 13.5. The van der Waals surface area contributed by atoms with Crippen molar-refractivity contribution >= 4 is 10.0 Å². The van der Waals surface area contributed by atoms with Crippen LogP contribution in [0.4, 0.5) is 4.39 Å². The van der Waals surface area contributed by atoms with Crippen LogP contribution in [0.2, 0.25) is 0 Å². The van der Waals surface area contributed by atoms with Crippen LogP contribution in [0.5, 0.6) is 0 Å². The number of nitrogens with zero attached hydrogens (tertiary/aromatic N) is 2. The van der Waals surface area contributed by atoms with E-state index in [1.54, 1.807) is 24.3 Å². The van der Waals surface area contributed by atoms with E-state index in [1.165, 1.54) is 42.7 Å². The van der Waals surface area contributed by atoms with Crippen LogP contribution < -0.4 is 0 Å². The molecule has 0 N–H and O–H groups in total. The molecule has 3 rings (SSSR count). The van der Waals surface area contributed by atoms with E-state index in [-0.39, 0.29) is 10.7 Å². The number of hydrogen-bond acceptors (Lipinski definition) is 3. The number of aromatic nitrogens is 2. The second-order valence-electron chi connectivity index (χ2n) is 4.38. The molecule has 0 aliphatic rings. The van der Waals surface area contributed by atoms with Crippen molar-refractivity contribution in [2.75, 3.05) is 0 Å². The lowest BCUT2D eigenvalue weighted by atomic mass is 10.2. The standard InChI is InChI=1S/C15H11FN2O2S/c16-13-6-4-5-12(11-13)15-17-9-10-18(15)21(19,20)14-7-2-1-3-8-14/h1-11H. The summed E-state index contributed by atoms with van der Waals surface area (Å²) in [5, 5.41) is 0. The van der Waals surface area contributed by atoms with Crippen molar-refractivity contribution in [1.82, 2.24) is 8.96 Å². The Hall–Kier alpha value is -2.47. The van der Waals surface area contributed by atoms with Crippen LogP contribution in [-0.4, -0.2) is 17.4 Å². The minimum absolute atomic E-state index is 0.153. The Morgan fingerprint density at radius 2 is 1.76 bits per heavy atom. The fourth-order valence-electron chi connectivity index (χ4n) is 2.02. The van der Waals surface area contributed by atoms with Crippen molar-refractivity contribution in [3.63, 3.8) is 0 Å². The zero-order valence-corrected chi connectivity index (χ0v) is 11.7. The molecule has 0 fully saturated rings. The van der Waals surface area contributed by atoms with E-state index in [2.05, 4.69) is 4.98 Å². The molecule has 0 saturated carbocycles. The van der Waals surface area contributed by atoms with Gasteiger partial charge >= 0.3 is 0 Å². The highest BCUT2D eigenvalue weighted by molar-refractivity contribution is 7.90. The van der Waals surface area contributed by atoms with Gasteiger partial charge in [0.15, 0.2) is 5.82 Å². The van der Waals surface area contributed by atoms with Gasteiger partial charge < -0.3 is 0 Å². The summed E-state index contributed by atoms with van der Waals surface area (Å²) in [6.07, 6.45) is 2.73. The molecule has 1 aromatic heterocycles. The van der Waals surface area contributed by atoms with Crippen LogP contribution in [-0.2, 0) is 10.0 Å². The molecule has 6 heteroatoms. The van der Waals surface area contributed by atoms with Crippen LogP contribution in [0.15, 0.2) is 71.9 Å². The van der Waals surface area contributed by atoms with Crippen molar-refractivity contribution < 1.29 is 12.8 Å². The molecule has 0 atom stereocenters. The molecular formula is C15H11FN2O2S. The Morgan fingerprint density at radius 1 is 1.00 bits per heavy atom. The highest BCUT2D eigenvalue weighted by atomic mass is 32.2. The topological polar surface area (TPSA) is 52.0 Å². The molecule has 0 spiro atoms. The van der Waals surface area contributed by atoms with Gasteiger partial charge in [-0.25, -0.2) is 21.8 Å². The summed E-state index contributed by atoms with van der Waals surface area (Å²) in [7, 11) is -3.76. The number of halogens is 1. The second-order valence-corrected chi connectivity index (χ2v) is 6.19. The molecule has 106 valence electrons. The Labute approximate surface area is 121 Å². The molecule has 0 unspecified atom stereocenters. The lowest BCUT2D eigenvalue weighted by molar-refractivity contribution is 0.587. The Bertz CT molecular complexity index is 873. The molecule has 0 aliphatic heterocycles. The fourth-order valence-corrected chi connectivity index (χ4v) is 3.34. The summed E-state index contributed by atoms with van der Waals surface area (Å²) in [6, 6.07) is 13.7. The largest absolute Gasteiger partial charge is 0.269 e. The maximum absolute atomic E-state index is 13.3. The summed E-state index contributed by atoms with van der Waals surface area (Å²) >= 11 is 0. The summed E-state index contributed by atoms with van der Waals surface area (Å²) in [5.41, 5.74) is 0.402. The van der Waals surface area contributed by atoms with E-state index in [1.807, 2.05) is 0 Å². The van der Waals surface area contributed by atoms with Crippen LogP contribution in [0.3, 0.4) is 0 Å².